The number of hydrazine groups is 1. The topological polar surface area (TPSA) is 89.3 Å². The molecule has 0 spiro atoms. The van der Waals surface area contributed by atoms with E-state index < -0.39 is 0 Å². The summed E-state index contributed by atoms with van der Waals surface area (Å²) in [7, 11) is 0. The molecule has 0 aliphatic heterocycles. The van der Waals surface area contributed by atoms with Crippen LogP contribution in [0.2, 0.25) is 0 Å². The maximum atomic E-state index is 8.36. The fraction of sp³-hybridized carbons (Fsp3) is 0. The van der Waals surface area contributed by atoms with E-state index in [1.165, 1.54) is 0 Å². The van der Waals surface area contributed by atoms with Gasteiger partial charge in [0.1, 0.15) is 0 Å². The summed E-state index contributed by atoms with van der Waals surface area (Å²) in [4.78, 5) is 8.36. The van der Waals surface area contributed by atoms with E-state index in [0.717, 1.165) is 0 Å². The Morgan fingerprint density at radius 2 is 1.50 bits per heavy atom. The maximum Gasteiger partial charge on any atom is 0.290 e. The van der Waals surface area contributed by atoms with E-state index in [0.29, 0.717) is 0 Å². The van der Waals surface area contributed by atoms with Gasteiger partial charge in [-0.2, -0.15) is 0 Å². The molecule has 4 nitrogen and oxygen atoms in total. The van der Waals surface area contributed by atoms with Gasteiger partial charge in [-0.1, -0.05) is 0 Å². The summed E-state index contributed by atoms with van der Waals surface area (Å²) in [5, 5.41) is 6.89. The molecule has 0 saturated carbocycles. The van der Waals surface area contributed by atoms with Gasteiger partial charge >= 0.3 is 0 Å². The second kappa shape index (κ2) is 78.6. The van der Waals surface area contributed by atoms with Crippen molar-refractivity contribution in [3.05, 3.63) is 0 Å². The quantitative estimate of drug-likeness (QED) is 0.167. The first-order chi connectivity index (χ1) is 2.41. The number of carboxylic acid groups (broad SMARTS) is 1. The average molecular weight is 143 g/mol. The number of hydrogen-bond acceptors (Lipinski definition) is 3. The Kier molecular flexibility index (Phi) is 218. The van der Waals surface area contributed by atoms with E-state index in [9.17, 15) is 0 Å². The van der Waals surface area contributed by atoms with Crippen molar-refractivity contribution in [3.63, 3.8) is 0 Å². The normalized spacial score (nSPS) is 3.00. The second-order valence-electron chi connectivity index (χ2n) is 0.105. The first-order valence-electron chi connectivity index (χ1n) is 0.827. The van der Waals surface area contributed by atoms with Gasteiger partial charge in [-0.25, -0.2) is 0 Å². The van der Waals surface area contributed by atoms with E-state index in [-0.39, 0.29) is 26.0 Å². The Morgan fingerprint density at radius 1 is 1.50 bits per heavy atom. The molecule has 5 N–H and O–H groups in total. The summed E-state index contributed by atoms with van der Waals surface area (Å²) >= 11 is 0. The van der Waals surface area contributed by atoms with E-state index in [1.54, 1.807) is 0 Å². The molecular formula is CH6N2O2Zn. The van der Waals surface area contributed by atoms with Crippen LogP contribution < -0.4 is 11.7 Å². The first kappa shape index (κ1) is 16.6. The van der Waals surface area contributed by atoms with Crippen molar-refractivity contribution >= 4 is 6.47 Å². The molecule has 0 aliphatic carbocycles. The standard InChI is InChI=1S/CH2O2.H4N2.Zn/c2-1-3;1-2;/h1H,(H,2,3);1-2H2;. The molecule has 0 unspecified atom stereocenters. The molecule has 0 aromatic heterocycles. The Morgan fingerprint density at radius 3 is 1.50 bits per heavy atom. The predicted molar refractivity (Wildman–Crippen MR) is 17.1 cm³/mol. The van der Waals surface area contributed by atoms with E-state index >= 15 is 0 Å². The number of nitrogens with two attached hydrogens (primary N) is 2. The van der Waals surface area contributed by atoms with Crippen LogP contribution in [-0.2, 0) is 24.3 Å². The molecule has 0 aliphatic rings. The molecule has 0 bridgehead atoms. The summed E-state index contributed by atoms with van der Waals surface area (Å²) in [5.74, 6) is 8.00. The largest absolute Gasteiger partial charge is 0.483 e. The zero-order chi connectivity index (χ0) is 4.71. The Hall–Kier alpha value is 0.0134. The molecule has 0 saturated heterocycles. The minimum absolute atomic E-state index is 0. The second-order valence-corrected chi connectivity index (χ2v) is 0.105. The molecule has 0 rings (SSSR count). The predicted octanol–water partition coefficient (Wildman–Crippen LogP) is -1.48. The fourth-order valence-corrected chi connectivity index (χ4v) is 0. The van der Waals surface area contributed by atoms with E-state index in [2.05, 4.69) is 11.7 Å². The maximum absolute atomic E-state index is 8.36. The molecule has 0 amide bonds. The van der Waals surface area contributed by atoms with Crippen molar-refractivity contribution in [2.24, 2.45) is 11.7 Å². The summed E-state index contributed by atoms with van der Waals surface area (Å²) in [6.07, 6.45) is 0. The third-order valence-electron chi connectivity index (χ3n) is 0. The van der Waals surface area contributed by atoms with Crippen LogP contribution in [0.15, 0.2) is 0 Å². The summed E-state index contributed by atoms with van der Waals surface area (Å²) in [6.45, 7) is -0.250. The monoisotopic (exact) mass is 142 g/mol. The van der Waals surface area contributed by atoms with Gasteiger partial charge in [0, 0.05) is 19.5 Å². The molecule has 0 aromatic carbocycles. The number of rotatable bonds is 0. The SMILES string of the molecule is NN.O=CO.[Zn]. The van der Waals surface area contributed by atoms with Crippen LogP contribution in [0.25, 0.3) is 0 Å². The van der Waals surface area contributed by atoms with Crippen molar-refractivity contribution in [1.82, 2.24) is 0 Å². The van der Waals surface area contributed by atoms with Gasteiger partial charge in [-0.05, 0) is 0 Å². The Balaban J connectivity index is -0.0000000275. The summed E-state index contributed by atoms with van der Waals surface area (Å²) < 4.78 is 0. The third-order valence-corrected chi connectivity index (χ3v) is 0. The number of hydrogen-bond donors (Lipinski definition) is 3. The summed E-state index contributed by atoms with van der Waals surface area (Å²) in [5.41, 5.74) is 0. The third kappa shape index (κ3) is 204000. The zero-order valence-electron chi connectivity index (χ0n) is 3.29. The molecule has 34 valence electrons. The van der Waals surface area contributed by atoms with Gasteiger partial charge in [0.05, 0.1) is 0 Å². The minimum atomic E-state index is -0.250. The van der Waals surface area contributed by atoms with Gasteiger partial charge in [0.15, 0.2) is 0 Å². The average Bonchev–Trinajstić information content (AvgIpc) is 1.46. The van der Waals surface area contributed by atoms with Crippen LogP contribution in [-0.4, -0.2) is 11.6 Å². The Bertz CT molecular complexity index is 19.0. The molecule has 5 heteroatoms. The van der Waals surface area contributed by atoms with Crippen LogP contribution in [0.4, 0.5) is 0 Å². The van der Waals surface area contributed by atoms with Crippen molar-refractivity contribution in [1.29, 1.82) is 0 Å². The molecule has 0 radical (unpaired) electrons. The van der Waals surface area contributed by atoms with E-state index in [1.807, 2.05) is 0 Å². The van der Waals surface area contributed by atoms with Gasteiger partial charge in [0.2, 0.25) is 0 Å². The van der Waals surface area contributed by atoms with Crippen LogP contribution >= 0.6 is 0 Å². The molecule has 6 heavy (non-hydrogen) atoms. The molecule has 0 fully saturated rings. The van der Waals surface area contributed by atoms with Gasteiger partial charge in [0.25, 0.3) is 6.47 Å². The molecule has 0 atom stereocenters. The van der Waals surface area contributed by atoms with Crippen molar-refractivity contribution in [2.45, 2.75) is 0 Å². The molecule has 0 aromatic rings. The van der Waals surface area contributed by atoms with Crippen LogP contribution in [0.1, 0.15) is 0 Å². The van der Waals surface area contributed by atoms with Crippen molar-refractivity contribution in [3.8, 4) is 0 Å². The smallest absolute Gasteiger partial charge is 0.290 e. The number of carbonyl (C=O) groups is 1. The fourth-order valence-electron chi connectivity index (χ4n) is 0. The molecular weight excluding hydrogens is 137 g/mol. The van der Waals surface area contributed by atoms with Crippen LogP contribution in [0, 0.1) is 0 Å². The van der Waals surface area contributed by atoms with E-state index in [4.69, 9.17) is 9.90 Å². The minimum Gasteiger partial charge on any atom is -0.483 e. The zero-order valence-corrected chi connectivity index (χ0v) is 6.26. The molecule has 0 heterocycles. The van der Waals surface area contributed by atoms with Crippen molar-refractivity contribution in [2.75, 3.05) is 0 Å². The first-order valence-corrected chi connectivity index (χ1v) is 0.827. The van der Waals surface area contributed by atoms with Crippen LogP contribution in [0.5, 0.6) is 0 Å². The van der Waals surface area contributed by atoms with Gasteiger partial charge in [-0.15, -0.1) is 0 Å². The van der Waals surface area contributed by atoms with Gasteiger partial charge in [-0.3, -0.25) is 16.5 Å². The summed E-state index contributed by atoms with van der Waals surface area (Å²) in [6, 6.07) is 0. The Labute approximate surface area is 48.2 Å². The van der Waals surface area contributed by atoms with Crippen LogP contribution in [0.3, 0.4) is 0 Å². The van der Waals surface area contributed by atoms with Crippen molar-refractivity contribution < 1.29 is 29.4 Å². The van der Waals surface area contributed by atoms with Gasteiger partial charge < -0.3 is 5.11 Å².